The molecule has 0 saturated carbocycles. The molecule has 7 heteroatoms. The fourth-order valence-electron chi connectivity index (χ4n) is 2.37. The first-order valence-corrected chi connectivity index (χ1v) is 8.25. The van der Waals surface area contributed by atoms with E-state index in [1.807, 2.05) is 24.3 Å². The number of nitrogens with one attached hydrogen (secondary N) is 1. The number of nitrogens with two attached hydrogens (primary N) is 1. The van der Waals surface area contributed by atoms with Crippen LogP contribution in [0.2, 0.25) is 0 Å². The Labute approximate surface area is 167 Å². The van der Waals surface area contributed by atoms with Crippen molar-refractivity contribution < 1.29 is 9.53 Å². The van der Waals surface area contributed by atoms with Crippen molar-refractivity contribution in [3.63, 3.8) is 0 Å². The van der Waals surface area contributed by atoms with Crippen LogP contribution < -0.4 is 15.8 Å². The summed E-state index contributed by atoms with van der Waals surface area (Å²) >= 11 is 0. The summed E-state index contributed by atoms with van der Waals surface area (Å²) in [5, 5.41) is 2.84. The molecule has 3 N–H and O–H groups in total. The highest BCUT2D eigenvalue weighted by molar-refractivity contribution is 6.07. The Morgan fingerprint density at radius 3 is 2.23 bits per heavy atom. The van der Waals surface area contributed by atoms with Gasteiger partial charge >= 0.3 is 0 Å². The summed E-state index contributed by atoms with van der Waals surface area (Å²) in [4.78, 5) is 14.5. The molecule has 1 amide bonds. The van der Waals surface area contributed by atoms with Crippen molar-refractivity contribution >= 4 is 42.1 Å². The normalized spacial score (nSPS) is 9.81. The Bertz CT molecular complexity index is 662. The highest BCUT2D eigenvalue weighted by atomic mass is 35.5. The second kappa shape index (κ2) is 12.4. The molecule has 0 heterocycles. The number of hydrogen-bond donors (Lipinski definition) is 2. The van der Waals surface area contributed by atoms with E-state index in [-0.39, 0.29) is 30.7 Å². The van der Waals surface area contributed by atoms with Gasteiger partial charge in [-0.05, 0) is 49.5 Å². The monoisotopic (exact) mass is 399 g/mol. The number of amides is 1. The minimum Gasteiger partial charge on any atom is -0.492 e. The third-order valence-corrected chi connectivity index (χ3v) is 3.89. The van der Waals surface area contributed by atoms with Crippen LogP contribution in [0.4, 0.5) is 11.4 Å². The van der Waals surface area contributed by atoms with Crippen molar-refractivity contribution in [2.75, 3.05) is 37.3 Å². The first-order chi connectivity index (χ1) is 11.6. The van der Waals surface area contributed by atoms with Crippen LogP contribution in [-0.2, 0) is 0 Å². The van der Waals surface area contributed by atoms with Crippen LogP contribution in [0, 0.1) is 0 Å². The molecule has 2 rings (SSSR count). The van der Waals surface area contributed by atoms with E-state index in [0.717, 1.165) is 25.4 Å². The molecule has 0 aliphatic heterocycles. The first kappa shape index (κ1) is 24.1. The average molecular weight is 400 g/mol. The van der Waals surface area contributed by atoms with Crippen LogP contribution in [-0.4, -0.2) is 37.0 Å². The van der Waals surface area contributed by atoms with Crippen LogP contribution in [0.3, 0.4) is 0 Å². The number of hydrogen-bond acceptors (Lipinski definition) is 4. The maximum Gasteiger partial charge on any atom is 0.257 e. The highest BCUT2D eigenvalue weighted by Crippen LogP contribution is 2.18. The third-order valence-electron chi connectivity index (χ3n) is 3.89. The number of likely N-dealkylation sites (N-methyl/N-ethyl adjacent to an activating group) is 1. The molecule has 0 aromatic heterocycles. The number of carbonyl (C=O) groups excluding carboxylic acids is 1. The number of carbonyl (C=O) groups is 1. The van der Waals surface area contributed by atoms with Gasteiger partial charge in [0.15, 0.2) is 0 Å². The van der Waals surface area contributed by atoms with Gasteiger partial charge in [-0.3, -0.25) is 4.79 Å². The van der Waals surface area contributed by atoms with E-state index in [9.17, 15) is 4.79 Å². The molecule has 5 nitrogen and oxygen atoms in total. The van der Waals surface area contributed by atoms with Crippen molar-refractivity contribution in [3.8, 4) is 5.75 Å². The molecule has 2 aromatic rings. The lowest BCUT2D eigenvalue weighted by Crippen LogP contribution is -2.27. The summed E-state index contributed by atoms with van der Waals surface area (Å²) in [7, 11) is 0. The molecule has 0 atom stereocenters. The van der Waals surface area contributed by atoms with Gasteiger partial charge in [-0.2, -0.15) is 0 Å². The lowest BCUT2D eigenvalue weighted by atomic mass is 10.1. The van der Waals surface area contributed by atoms with Gasteiger partial charge in [0.05, 0.1) is 5.56 Å². The van der Waals surface area contributed by atoms with Crippen molar-refractivity contribution in [2.45, 2.75) is 13.8 Å². The minimum absolute atomic E-state index is 0. The van der Waals surface area contributed by atoms with E-state index in [1.165, 1.54) is 0 Å². The number of rotatable bonds is 8. The number of benzene rings is 2. The molecule has 0 fully saturated rings. The summed E-state index contributed by atoms with van der Waals surface area (Å²) in [6.45, 7) is 7.87. The van der Waals surface area contributed by atoms with Gasteiger partial charge < -0.3 is 20.7 Å². The average Bonchev–Trinajstić information content (AvgIpc) is 2.60. The molecule has 0 saturated heterocycles. The van der Waals surface area contributed by atoms with Gasteiger partial charge in [-0.25, -0.2) is 0 Å². The molecule has 0 spiro atoms. The summed E-state index contributed by atoms with van der Waals surface area (Å²) in [6, 6.07) is 14.4. The predicted octanol–water partition coefficient (Wildman–Crippen LogP) is 4.09. The topological polar surface area (TPSA) is 67.6 Å². The largest absolute Gasteiger partial charge is 0.492 e. The maximum atomic E-state index is 12.2. The quantitative estimate of drug-likeness (QED) is 0.655. The van der Waals surface area contributed by atoms with Crippen LogP contribution in [0.5, 0.6) is 5.75 Å². The lowest BCUT2D eigenvalue weighted by Gasteiger charge is -2.18. The Morgan fingerprint density at radius 1 is 1.04 bits per heavy atom. The lowest BCUT2D eigenvalue weighted by molar-refractivity contribution is 0.102. The van der Waals surface area contributed by atoms with Crippen molar-refractivity contribution in [1.82, 2.24) is 4.90 Å². The Balaban J connectivity index is 0.00000312. The van der Waals surface area contributed by atoms with Crippen LogP contribution in [0.15, 0.2) is 48.5 Å². The zero-order valence-electron chi connectivity index (χ0n) is 15.1. The van der Waals surface area contributed by atoms with Crippen molar-refractivity contribution in [1.29, 1.82) is 0 Å². The molecule has 2 aromatic carbocycles. The maximum absolute atomic E-state index is 12.2. The second-order valence-corrected chi connectivity index (χ2v) is 5.44. The van der Waals surface area contributed by atoms with Crippen LogP contribution >= 0.6 is 24.8 Å². The molecule has 0 unspecified atom stereocenters. The van der Waals surface area contributed by atoms with Crippen LogP contribution in [0.1, 0.15) is 24.2 Å². The molecular weight excluding hydrogens is 373 g/mol. The van der Waals surface area contributed by atoms with Crippen molar-refractivity contribution in [3.05, 3.63) is 54.1 Å². The van der Waals surface area contributed by atoms with E-state index < -0.39 is 0 Å². The molecule has 0 aliphatic rings. The summed E-state index contributed by atoms with van der Waals surface area (Å²) in [5.41, 5.74) is 7.46. The highest BCUT2D eigenvalue weighted by Gasteiger charge is 2.09. The van der Waals surface area contributed by atoms with E-state index >= 15 is 0 Å². The van der Waals surface area contributed by atoms with Crippen LogP contribution in [0.25, 0.3) is 0 Å². The van der Waals surface area contributed by atoms with E-state index in [2.05, 4.69) is 24.1 Å². The smallest absolute Gasteiger partial charge is 0.257 e. The summed E-state index contributed by atoms with van der Waals surface area (Å²) < 4.78 is 5.73. The van der Waals surface area contributed by atoms with Gasteiger partial charge in [0, 0.05) is 17.9 Å². The number of ether oxygens (including phenoxy) is 1. The van der Waals surface area contributed by atoms with Gasteiger partial charge in [-0.1, -0.05) is 26.0 Å². The number of halogens is 2. The number of anilines is 2. The van der Waals surface area contributed by atoms with E-state index in [1.54, 1.807) is 24.3 Å². The Hall–Kier alpha value is -1.95. The second-order valence-electron chi connectivity index (χ2n) is 5.44. The standard InChI is InChI=1S/C19H25N3O2.2ClH/c1-3-22(4-2)13-14-24-16-11-9-15(10-12-16)21-19(23)17-7-5-6-8-18(17)20;;/h5-12H,3-4,13-14,20H2,1-2H3,(H,21,23);2*1H. The Kier molecular flexibility index (Phi) is 11.5. The predicted molar refractivity (Wildman–Crippen MR) is 113 cm³/mol. The zero-order chi connectivity index (χ0) is 17.4. The van der Waals surface area contributed by atoms with Gasteiger partial charge in [0.1, 0.15) is 12.4 Å². The number of nitrogens with zero attached hydrogens (tertiary/aromatic N) is 1. The first-order valence-electron chi connectivity index (χ1n) is 8.25. The molecule has 0 bridgehead atoms. The number of para-hydroxylation sites is 1. The van der Waals surface area contributed by atoms with Gasteiger partial charge in [-0.15, -0.1) is 24.8 Å². The molecular formula is C19H27Cl2N3O2. The molecule has 0 aliphatic carbocycles. The minimum atomic E-state index is -0.219. The van der Waals surface area contributed by atoms with E-state index in [4.69, 9.17) is 10.5 Å². The Morgan fingerprint density at radius 2 is 1.65 bits per heavy atom. The van der Waals surface area contributed by atoms with Crippen molar-refractivity contribution in [2.24, 2.45) is 0 Å². The number of nitrogen functional groups attached to an aromatic ring is 1. The summed E-state index contributed by atoms with van der Waals surface area (Å²) in [6.07, 6.45) is 0. The molecule has 144 valence electrons. The van der Waals surface area contributed by atoms with E-state index in [0.29, 0.717) is 23.5 Å². The van der Waals surface area contributed by atoms with Gasteiger partial charge in [0.25, 0.3) is 5.91 Å². The summed E-state index contributed by atoms with van der Waals surface area (Å²) in [5.74, 6) is 0.572. The molecule has 26 heavy (non-hydrogen) atoms. The SMILES string of the molecule is CCN(CC)CCOc1ccc(NC(=O)c2ccccc2N)cc1.Cl.Cl. The molecule has 0 radical (unpaired) electrons. The van der Waals surface area contributed by atoms with Gasteiger partial charge in [0.2, 0.25) is 0 Å². The fourth-order valence-corrected chi connectivity index (χ4v) is 2.37. The third kappa shape index (κ3) is 7.12. The zero-order valence-corrected chi connectivity index (χ0v) is 16.7. The fraction of sp³-hybridized carbons (Fsp3) is 0.316.